The molecule has 1 unspecified atom stereocenters. The van der Waals surface area contributed by atoms with Crippen molar-refractivity contribution >= 4 is 12.0 Å². The third-order valence-electron chi connectivity index (χ3n) is 4.34. The van der Waals surface area contributed by atoms with E-state index in [2.05, 4.69) is 5.32 Å². The molecule has 8 heteroatoms. The molecule has 1 aliphatic heterocycles. The van der Waals surface area contributed by atoms with Gasteiger partial charge in [-0.2, -0.15) is 0 Å². The summed E-state index contributed by atoms with van der Waals surface area (Å²) in [4.78, 5) is 26.4. The van der Waals surface area contributed by atoms with Gasteiger partial charge in [0.05, 0.1) is 40.1 Å². The maximum atomic E-state index is 12.4. The van der Waals surface area contributed by atoms with E-state index in [0.717, 1.165) is 0 Å². The average Bonchev–Trinajstić information content (AvgIpc) is 2.65. The van der Waals surface area contributed by atoms with Crippen molar-refractivity contribution in [3.05, 3.63) is 29.0 Å². The molecule has 1 atom stereocenters. The SMILES string of the molecule is CCN1C(=O)NC(c2cc(OC)c(OC)c(OC)c2)C(C(=O)OC)=C1C. The van der Waals surface area contributed by atoms with Crippen molar-refractivity contribution in [3.63, 3.8) is 0 Å². The van der Waals surface area contributed by atoms with Crippen LogP contribution in [0.4, 0.5) is 4.79 Å². The molecule has 0 radical (unpaired) electrons. The number of hydrogen-bond donors (Lipinski definition) is 1. The zero-order chi connectivity index (χ0) is 19.4. The third-order valence-corrected chi connectivity index (χ3v) is 4.34. The van der Waals surface area contributed by atoms with Crippen LogP contribution in [0.15, 0.2) is 23.4 Å². The van der Waals surface area contributed by atoms with Crippen LogP contribution in [0.3, 0.4) is 0 Å². The van der Waals surface area contributed by atoms with E-state index in [4.69, 9.17) is 18.9 Å². The van der Waals surface area contributed by atoms with Crippen LogP contribution in [0.2, 0.25) is 0 Å². The highest BCUT2D eigenvalue weighted by Gasteiger charge is 2.36. The second kappa shape index (κ2) is 7.99. The summed E-state index contributed by atoms with van der Waals surface area (Å²) in [5, 5.41) is 2.85. The molecule has 1 aromatic carbocycles. The summed E-state index contributed by atoms with van der Waals surface area (Å²) in [5.41, 5.74) is 1.51. The van der Waals surface area contributed by atoms with Gasteiger partial charge in [-0.05, 0) is 31.5 Å². The number of carbonyl (C=O) groups excluding carboxylic acids is 2. The van der Waals surface area contributed by atoms with Crippen molar-refractivity contribution in [2.75, 3.05) is 35.0 Å². The highest BCUT2D eigenvalue weighted by molar-refractivity contribution is 5.95. The van der Waals surface area contributed by atoms with Crippen LogP contribution in [0.5, 0.6) is 17.2 Å². The molecule has 2 amide bonds. The molecule has 8 nitrogen and oxygen atoms in total. The first-order valence-electron chi connectivity index (χ1n) is 8.10. The number of ether oxygens (including phenoxy) is 4. The van der Waals surface area contributed by atoms with Crippen LogP contribution in [0, 0.1) is 0 Å². The predicted molar refractivity (Wildman–Crippen MR) is 94.5 cm³/mol. The summed E-state index contributed by atoms with van der Waals surface area (Å²) in [6.07, 6.45) is 0. The number of rotatable bonds is 6. The molecule has 2 rings (SSSR count). The number of nitrogens with one attached hydrogen (secondary N) is 1. The number of hydrogen-bond acceptors (Lipinski definition) is 6. The summed E-state index contributed by atoms with van der Waals surface area (Å²) >= 11 is 0. The van der Waals surface area contributed by atoms with Gasteiger partial charge in [-0.1, -0.05) is 0 Å². The second-order valence-electron chi connectivity index (χ2n) is 5.58. The molecule has 0 aromatic heterocycles. The minimum atomic E-state index is -0.702. The first kappa shape index (κ1) is 19.4. The van der Waals surface area contributed by atoms with Crippen molar-refractivity contribution in [1.29, 1.82) is 0 Å². The van der Waals surface area contributed by atoms with E-state index in [1.807, 2.05) is 6.92 Å². The van der Waals surface area contributed by atoms with Gasteiger partial charge < -0.3 is 24.3 Å². The number of nitrogens with zero attached hydrogens (tertiary/aromatic N) is 1. The van der Waals surface area contributed by atoms with Crippen LogP contribution < -0.4 is 19.5 Å². The van der Waals surface area contributed by atoms with Gasteiger partial charge in [-0.25, -0.2) is 9.59 Å². The monoisotopic (exact) mass is 364 g/mol. The van der Waals surface area contributed by atoms with Gasteiger partial charge in [0.15, 0.2) is 11.5 Å². The van der Waals surface area contributed by atoms with Gasteiger partial charge in [0, 0.05) is 12.2 Å². The Hall–Kier alpha value is -2.90. The Morgan fingerprint density at radius 3 is 2.12 bits per heavy atom. The van der Waals surface area contributed by atoms with Crippen LogP contribution >= 0.6 is 0 Å². The first-order valence-corrected chi connectivity index (χ1v) is 8.10. The van der Waals surface area contributed by atoms with Gasteiger partial charge in [-0.15, -0.1) is 0 Å². The largest absolute Gasteiger partial charge is 0.493 e. The zero-order valence-electron chi connectivity index (χ0n) is 15.8. The molecule has 1 aliphatic rings. The van der Waals surface area contributed by atoms with Gasteiger partial charge in [0.1, 0.15) is 0 Å². The molecule has 26 heavy (non-hydrogen) atoms. The van der Waals surface area contributed by atoms with Crippen LogP contribution in [-0.4, -0.2) is 51.9 Å². The quantitative estimate of drug-likeness (QED) is 0.779. The lowest BCUT2D eigenvalue weighted by Gasteiger charge is -2.35. The lowest BCUT2D eigenvalue weighted by atomic mass is 9.94. The lowest BCUT2D eigenvalue weighted by molar-refractivity contribution is -0.136. The van der Waals surface area contributed by atoms with Gasteiger partial charge in [0.25, 0.3) is 0 Å². The molecule has 1 N–H and O–H groups in total. The minimum Gasteiger partial charge on any atom is -0.493 e. The molecule has 0 aliphatic carbocycles. The smallest absolute Gasteiger partial charge is 0.337 e. The summed E-state index contributed by atoms with van der Waals surface area (Å²) < 4.78 is 21.0. The molecule has 0 bridgehead atoms. The number of amides is 2. The Kier molecular flexibility index (Phi) is 5.97. The maximum Gasteiger partial charge on any atom is 0.337 e. The fraction of sp³-hybridized carbons (Fsp3) is 0.444. The summed E-state index contributed by atoms with van der Waals surface area (Å²) in [6.45, 7) is 3.98. The molecule has 142 valence electrons. The normalized spacial score (nSPS) is 16.9. The standard InChI is InChI=1S/C18H24N2O6/c1-7-20-10(2)14(17(21)26-6)15(19-18(20)22)11-8-12(23-3)16(25-5)13(9-11)24-4/h8-9,15H,7H2,1-6H3,(H,19,22). The molecule has 0 spiro atoms. The fourth-order valence-corrected chi connectivity index (χ4v) is 3.05. The molecular formula is C18H24N2O6. The molecule has 1 heterocycles. The van der Waals surface area contributed by atoms with Gasteiger partial charge in [-0.3, -0.25) is 4.90 Å². The van der Waals surface area contributed by atoms with Crippen LogP contribution in [-0.2, 0) is 9.53 Å². The highest BCUT2D eigenvalue weighted by atomic mass is 16.5. The Labute approximate surface area is 152 Å². The van der Waals surface area contributed by atoms with Crippen molar-refractivity contribution in [2.24, 2.45) is 0 Å². The summed E-state index contributed by atoms with van der Waals surface area (Å²) in [7, 11) is 5.82. The third kappa shape index (κ3) is 3.26. The topological polar surface area (TPSA) is 86.3 Å². The lowest BCUT2D eigenvalue weighted by Crippen LogP contribution is -2.47. The Morgan fingerprint density at radius 1 is 1.12 bits per heavy atom. The van der Waals surface area contributed by atoms with E-state index >= 15 is 0 Å². The zero-order valence-corrected chi connectivity index (χ0v) is 15.8. The number of esters is 1. The van der Waals surface area contributed by atoms with E-state index in [9.17, 15) is 9.59 Å². The van der Waals surface area contributed by atoms with Crippen molar-refractivity contribution < 1.29 is 28.5 Å². The van der Waals surface area contributed by atoms with E-state index in [0.29, 0.717) is 40.6 Å². The Morgan fingerprint density at radius 2 is 1.69 bits per heavy atom. The Balaban J connectivity index is 2.67. The predicted octanol–water partition coefficient (Wildman–Crippen LogP) is 2.25. The molecule has 0 fully saturated rings. The fourth-order valence-electron chi connectivity index (χ4n) is 3.05. The molecule has 0 saturated carbocycles. The van der Waals surface area contributed by atoms with E-state index in [1.54, 1.807) is 19.1 Å². The number of urea groups is 1. The minimum absolute atomic E-state index is 0.295. The number of allylic oxidation sites excluding steroid dienone is 1. The van der Waals surface area contributed by atoms with E-state index < -0.39 is 12.0 Å². The average molecular weight is 364 g/mol. The van der Waals surface area contributed by atoms with Gasteiger partial charge >= 0.3 is 12.0 Å². The first-order chi connectivity index (χ1) is 12.4. The molecule has 0 saturated heterocycles. The van der Waals surface area contributed by atoms with Crippen molar-refractivity contribution in [3.8, 4) is 17.2 Å². The van der Waals surface area contributed by atoms with Crippen molar-refractivity contribution in [1.82, 2.24) is 10.2 Å². The van der Waals surface area contributed by atoms with Crippen LogP contribution in [0.25, 0.3) is 0 Å². The van der Waals surface area contributed by atoms with E-state index in [1.165, 1.54) is 33.3 Å². The second-order valence-corrected chi connectivity index (χ2v) is 5.58. The number of carbonyl (C=O) groups is 2. The summed E-state index contributed by atoms with van der Waals surface area (Å²) in [6, 6.07) is 2.40. The van der Waals surface area contributed by atoms with Gasteiger partial charge in [0.2, 0.25) is 5.75 Å². The molecule has 1 aromatic rings. The number of methoxy groups -OCH3 is 4. The van der Waals surface area contributed by atoms with E-state index in [-0.39, 0.29) is 6.03 Å². The molecular weight excluding hydrogens is 340 g/mol. The maximum absolute atomic E-state index is 12.4. The Bertz CT molecular complexity index is 718. The van der Waals surface area contributed by atoms with Crippen molar-refractivity contribution in [2.45, 2.75) is 19.9 Å². The van der Waals surface area contributed by atoms with Crippen LogP contribution in [0.1, 0.15) is 25.5 Å². The highest BCUT2D eigenvalue weighted by Crippen LogP contribution is 2.42. The summed E-state index contributed by atoms with van der Waals surface area (Å²) in [5.74, 6) is 0.767. The number of benzene rings is 1.